The van der Waals surface area contributed by atoms with E-state index in [0.29, 0.717) is 52.3 Å². The van der Waals surface area contributed by atoms with Gasteiger partial charge in [0, 0.05) is 39.4 Å². The fourth-order valence-electron chi connectivity index (χ4n) is 3.42. The maximum absolute atomic E-state index is 13.2. The average molecular weight is 487 g/mol. The predicted molar refractivity (Wildman–Crippen MR) is 131 cm³/mol. The number of rotatable bonds is 8. The number of benzene rings is 1. The molecule has 0 radical (unpaired) electrons. The highest BCUT2D eigenvalue weighted by molar-refractivity contribution is 8.26. The summed E-state index contributed by atoms with van der Waals surface area (Å²) in [6.45, 7) is 2.95. The number of aromatic nitrogens is 1. The van der Waals surface area contributed by atoms with Crippen molar-refractivity contribution < 1.29 is 13.9 Å². The first-order valence-corrected chi connectivity index (χ1v) is 11.4. The lowest BCUT2D eigenvalue weighted by Crippen LogP contribution is -2.29. The van der Waals surface area contributed by atoms with Crippen molar-refractivity contribution in [2.75, 3.05) is 25.6 Å². The maximum Gasteiger partial charge on any atom is 0.270 e. The Hall–Kier alpha value is -3.00. The molecule has 1 aromatic carbocycles. The zero-order valence-corrected chi connectivity index (χ0v) is 20.1. The smallest absolute Gasteiger partial charge is 0.270 e. The van der Waals surface area contributed by atoms with Crippen molar-refractivity contribution in [3.8, 4) is 6.07 Å². The predicted octanol–water partition coefficient (Wildman–Crippen LogP) is 3.55. The normalized spacial score (nSPS) is 14.8. The number of anilines is 1. The van der Waals surface area contributed by atoms with Crippen molar-refractivity contribution in [2.45, 2.75) is 19.9 Å². The van der Waals surface area contributed by atoms with Gasteiger partial charge in [0.25, 0.3) is 11.5 Å². The molecule has 1 aromatic heterocycles. The van der Waals surface area contributed by atoms with Gasteiger partial charge < -0.3 is 10.1 Å². The summed E-state index contributed by atoms with van der Waals surface area (Å²) in [6, 6.07) is 7.96. The number of ether oxygens (including phenoxy) is 1. The highest BCUT2D eigenvalue weighted by Gasteiger charge is 2.32. The zero-order chi connectivity index (χ0) is 24.1. The van der Waals surface area contributed by atoms with E-state index in [4.69, 9.17) is 17.0 Å². The van der Waals surface area contributed by atoms with E-state index in [9.17, 15) is 19.2 Å². The number of nitriles is 1. The van der Waals surface area contributed by atoms with Crippen LogP contribution in [-0.2, 0) is 23.1 Å². The fourth-order valence-corrected chi connectivity index (χ4v) is 4.71. The molecule has 1 fully saturated rings. The van der Waals surface area contributed by atoms with E-state index in [0.717, 1.165) is 5.56 Å². The molecular formula is C23H23FN4O3S2. The summed E-state index contributed by atoms with van der Waals surface area (Å²) in [5.41, 5.74) is 1.38. The van der Waals surface area contributed by atoms with E-state index < -0.39 is 5.56 Å². The van der Waals surface area contributed by atoms with Crippen molar-refractivity contribution >= 4 is 46.1 Å². The monoisotopic (exact) mass is 486 g/mol. The molecule has 1 N–H and O–H groups in total. The third kappa shape index (κ3) is 5.33. The minimum atomic E-state index is -0.444. The minimum Gasteiger partial charge on any atom is -0.385 e. The number of hydrogen-bond donors (Lipinski definition) is 1. The van der Waals surface area contributed by atoms with Crippen LogP contribution in [0.3, 0.4) is 0 Å². The van der Waals surface area contributed by atoms with Gasteiger partial charge >= 0.3 is 0 Å². The molecule has 0 spiro atoms. The van der Waals surface area contributed by atoms with Gasteiger partial charge in [0.2, 0.25) is 0 Å². The summed E-state index contributed by atoms with van der Waals surface area (Å²) in [7, 11) is 3.16. The van der Waals surface area contributed by atoms with E-state index in [2.05, 4.69) is 5.32 Å². The topological polar surface area (TPSA) is 87.4 Å². The Bertz CT molecular complexity index is 1220. The van der Waals surface area contributed by atoms with Crippen molar-refractivity contribution in [3.05, 3.63) is 67.6 Å². The van der Waals surface area contributed by atoms with Crippen molar-refractivity contribution in [1.82, 2.24) is 9.47 Å². The van der Waals surface area contributed by atoms with Crippen molar-refractivity contribution in [2.24, 2.45) is 7.05 Å². The maximum atomic E-state index is 13.2. The Kier molecular flexibility index (Phi) is 8.02. The Labute approximate surface area is 200 Å². The number of thioether (sulfide) groups is 1. The number of halogens is 1. The van der Waals surface area contributed by atoms with Crippen LogP contribution in [0.1, 0.15) is 28.7 Å². The third-order valence-electron chi connectivity index (χ3n) is 5.25. The lowest BCUT2D eigenvalue weighted by Gasteiger charge is -2.18. The van der Waals surface area contributed by atoms with E-state index in [1.807, 2.05) is 6.07 Å². The van der Waals surface area contributed by atoms with Gasteiger partial charge in [-0.25, -0.2) is 4.39 Å². The largest absolute Gasteiger partial charge is 0.385 e. The van der Waals surface area contributed by atoms with Crippen molar-refractivity contribution in [3.63, 3.8) is 0 Å². The SMILES string of the molecule is COCCCN1C(=O)/C(=C\c2c(C)c(C#N)c(=O)n(C)c2NCc2ccc(F)cc2)SC1=S. The van der Waals surface area contributed by atoms with Gasteiger partial charge in [-0.1, -0.05) is 36.1 Å². The highest BCUT2D eigenvalue weighted by atomic mass is 32.2. The Balaban J connectivity index is 2.01. The molecule has 172 valence electrons. The molecule has 2 aromatic rings. The Morgan fingerprint density at radius 3 is 2.64 bits per heavy atom. The van der Waals surface area contributed by atoms with Gasteiger partial charge in [-0.3, -0.25) is 19.1 Å². The lowest BCUT2D eigenvalue weighted by atomic mass is 10.0. The van der Waals surface area contributed by atoms with Gasteiger partial charge in [0.05, 0.1) is 4.91 Å². The number of pyridine rings is 1. The molecule has 0 atom stereocenters. The van der Waals surface area contributed by atoms with Crippen LogP contribution in [0.25, 0.3) is 6.08 Å². The molecule has 2 heterocycles. The average Bonchev–Trinajstić information content (AvgIpc) is 3.06. The molecule has 1 amide bonds. The number of methoxy groups -OCH3 is 1. The summed E-state index contributed by atoms with van der Waals surface area (Å²) in [5, 5.41) is 12.7. The van der Waals surface area contributed by atoms with Crippen molar-refractivity contribution in [1.29, 1.82) is 5.26 Å². The van der Waals surface area contributed by atoms with Crippen LogP contribution in [0, 0.1) is 24.1 Å². The molecular weight excluding hydrogens is 463 g/mol. The standard InChI is InChI=1S/C23H23FN4O3S2/c1-14-17(11-19-22(30)28(23(32)33-19)9-4-10-31-3)20(27(2)21(29)18(14)12-25)26-13-15-5-7-16(24)8-6-15/h5-8,11,26H,4,9-10,13H2,1-3H3/b19-11+. The minimum absolute atomic E-state index is 0.00616. The zero-order valence-electron chi connectivity index (χ0n) is 18.5. The van der Waals surface area contributed by atoms with Crippen LogP contribution in [0.4, 0.5) is 10.2 Å². The number of carbonyl (C=O) groups excluding carboxylic acids is 1. The first-order chi connectivity index (χ1) is 15.8. The second kappa shape index (κ2) is 10.7. The molecule has 0 aliphatic carbocycles. The fraction of sp³-hybridized carbons (Fsp3) is 0.304. The number of thiocarbonyl (C=S) groups is 1. The number of amides is 1. The van der Waals surface area contributed by atoms with Crippen LogP contribution in [0.2, 0.25) is 0 Å². The third-order valence-corrected chi connectivity index (χ3v) is 6.63. The highest BCUT2D eigenvalue weighted by Crippen LogP contribution is 2.35. The number of nitrogens with one attached hydrogen (secondary N) is 1. The summed E-state index contributed by atoms with van der Waals surface area (Å²) in [6.07, 6.45) is 2.32. The molecule has 3 rings (SSSR count). The summed E-state index contributed by atoms with van der Waals surface area (Å²) < 4.78 is 20.1. The van der Waals surface area contributed by atoms with Crippen LogP contribution >= 0.6 is 24.0 Å². The first kappa shape index (κ1) is 24.6. The second-order valence-corrected chi connectivity index (χ2v) is 9.07. The second-order valence-electron chi connectivity index (χ2n) is 7.40. The molecule has 1 aliphatic rings. The Morgan fingerprint density at radius 1 is 1.30 bits per heavy atom. The molecule has 10 heteroatoms. The first-order valence-electron chi connectivity index (χ1n) is 10.1. The summed E-state index contributed by atoms with van der Waals surface area (Å²) >= 11 is 6.56. The molecule has 1 aliphatic heterocycles. The van der Waals surface area contributed by atoms with Gasteiger partial charge in [0.1, 0.15) is 27.6 Å². The van der Waals surface area contributed by atoms with Gasteiger partial charge in [-0.15, -0.1) is 0 Å². The van der Waals surface area contributed by atoms with Gasteiger partial charge in [-0.05, 0) is 42.7 Å². The van der Waals surface area contributed by atoms with Crippen LogP contribution in [-0.4, -0.2) is 40.0 Å². The molecule has 0 saturated carbocycles. The van der Waals surface area contributed by atoms with Crippen LogP contribution in [0.5, 0.6) is 0 Å². The quantitative estimate of drug-likeness (QED) is 0.347. The molecule has 7 nitrogen and oxygen atoms in total. The van der Waals surface area contributed by atoms with Gasteiger partial charge in [-0.2, -0.15) is 5.26 Å². The van der Waals surface area contributed by atoms with Crippen LogP contribution in [0.15, 0.2) is 34.0 Å². The van der Waals surface area contributed by atoms with Crippen LogP contribution < -0.4 is 10.9 Å². The number of nitrogens with zero attached hydrogens (tertiary/aromatic N) is 3. The van der Waals surface area contributed by atoms with E-state index in [-0.39, 0.29) is 17.3 Å². The van der Waals surface area contributed by atoms with E-state index in [1.165, 1.54) is 33.4 Å². The number of hydrogen-bond acceptors (Lipinski definition) is 7. The molecule has 0 unspecified atom stereocenters. The summed E-state index contributed by atoms with van der Waals surface area (Å²) in [5.74, 6) is -0.114. The lowest BCUT2D eigenvalue weighted by molar-refractivity contribution is -0.122. The molecule has 0 bridgehead atoms. The van der Waals surface area contributed by atoms with Gasteiger partial charge in [0.15, 0.2) is 0 Å². The van der Waals surface area contributed by atoms with E-state index in [1.54, 1.807) is 39.3 Å². The van der Waals surface area contributed by atoms with E-state index >= 15 is 0 Å². The molecule has 1 saturated heterocycles. The molecule has 33 heavy (non-hydrogen) atoms. The summed E-state index contributed by atoms with van der Waals surface area (Å²) in [4.78, 5) is 27.6. The number of carbonyl (C=O) groups is 1. The Morgan fingerprint density at radius 2 is 2.00 bits per heavy atom.